The largest absolute Gasteiger partial charge is 0.326 e. The van der Waals surface area contributed by atoms with Gasteiger partial charge in [0.2, 0.25) is 15.9 Å². The summed E-state index contributed by atoms with van der Waals surface area (Å²) in [6, 6.07) is 19.1. The van der Waals surface area contributed by atoms with E-state index in [1.165, 1.54) is 38.7 Å². The Balaban J connectivity index is 1.22. The molecule has 3 aromatic carbocycles. The summed E-state index contributed by atoms with van der Waals surface area (Å²) < 4.78 is 40.0. The lowest BCUT2D eigenvalue weighted by molar-refractivity contribution is -0.120. The molecule has 0 bridgehead atoms. The number of rotatable bonds is 4. The molecular formula is C25H23FN2O3S. The molecule has 7 heteroatoms. The van der Waals surface area contributed by atoms with Crippen LogP contribution in [0.25, 0.3) is 11.1 Å². The topological polar surface area (TPSA) is 66.5 Å². The molecule has 0 unspecified atom stereocenters. The molecule has 0 spiro atoms. The fourth-order valence-electron chi connectivity index (χ4n) is 4.58. The number of carbonyl (C=O) groups excluding carboxylic acids is 1. The van der Waals surface area contributed by atoms with E-state index in [0.29, 0.717) is 12.8 Å². The van der Waals surface area contributed by atoms with Crippen LogP contribution in [0.3, 0.4) is 0 Å². The maximum atomic E-state index is 13.1. The number of sulfonamides is 1. The molecule has 0 atom stereocenters. The van der Waals surface area contributed by atoms with Gasteiger partial charge in [-0.15, -0.1) is 0 Å². The normalized spacial score (nSPS) is 16.4. The summed E-state index contributed by atoms with van der Waals surface area (Å²) in [7, 11) is -3.68. The van der Waals surface area contributed by atoms with Crippen LogP contribution in [0.4, 0.5) is 10.1 Å². The third-order valence-corrected chi connectivity index (χ3v) is 8.25. The molecule has 32 heavy (non-hydrogen) atoms. The van der Waals surface area contributed by atoms with Crippen molar-refractivity contribution in [1.29, 1.82) is 0 Å². The second-order valence-corrected chi connectivity index (χ2v) is 10.3. The molecule has 1 fully saturated rings. The summed E-state index contributed by atoms with van der Waals surface area (Å²) in [5, 5.41) is 3.01. The number of hydrogen-bond acceptors (Lipinski definition) is 3. The van der Waals surface area contributed by atoms with Crippen molar-refractivity contribution in [3.05, 3.63) is 83.7 Å². The van der Waals surface area contributed by atoms with E-state index in [1.54, 1.807) is 0 Å². The number of nitrogens with one attached hydrogen (secondary N) is 1. The van der Waals surface area contributed by atoms with Crippen LogP contribution >= 0.6 is 0 Å². The van der Waals surface area contributed by atoms with Gasteiger partial charge in [0.15, 0.2) is 0 Å². The number of piperidine rings is 1. The summed E-state index contributed by atoms with van der Waals surface area (Å²) in [5.41, 5.74) is 5.71. The van der Waals surface area contributed by atoms with Crippen molar-refractivity contribution in [2.45, 2.75) is 24.2 Å². The minimum atomic E-state index is -3.68. The van der Waals surface area contributed by atoms with Crippen LogP contribution in [0.2, 0.25) is 0 Å². The van der Waals surface area contributed by atoms with Gasteiger partial charge in [-0.1, -0.05) is 30.3 Å². The average molecular weight is 451 g/mol. The first-order valence-corrected chi connectivity index (χ1v) is 12.1. The Kier molecular flexibility index (Phi) is 5.31. The fraction of sp³-hybridized carbons (Fsp3) is 0.240. The van der Waals surface area contributed by atoms with Crippen LogP contribution in [0.15, 0.2) is 71.6 Å². The average Bonchev–Trinajstić information content (AvgIpc) is 3.17. The summed E-state index contributed by atoms with van der Waals surface area (Å²) >= 11 is 0. The minimum absolute atomic E-state index is 0.0703. The van der Waals surface area contributed by atoms with Crippen molar-refractivity contribution in [3.8, 4) is 11.1 Å². The molecule has 1 heterocycles. The zero-order chi connectivity index (χ0) is 22.3. The predicted molar refractivity (Wildman–Crippen MR) is 121 cm³/mol. The fourth-order valence-corrected chi connectivity index (χ4v) is 6.05. The van der Waals surface area contributed by atoms with Gasteiger partial charge in [0.05, 0.1) is 4.90 Å². The zero-order valence-corrected chi connectivity index (χ0v) is 18.2. The number of hydrogen-bond donors (Lipinski definition) is 1. The smallest absolute Gasteiger partial charge is 0.243 e. The molecule has 5 nitrogen and oxygen atoms in total. The monoisotopic (exact) mass is 450 g/mol. The van der Waals surface area contributed by atoms with E-state index in [2.05, 4.69) is 23.5 Å². The molecule has 164 valence electrons. The maximum Gasteiger partial charge on any atom is 0.243 e. The molecule has 2 aliphatic rings. The van der Waals surface area contributed by atoms with Gasteiger partial charge < -0.3 is 5.32 Å². The lowest BCUT2D eigenvalue weighted by Gasteiger charge is -2.30. The lowest BCUT2D eigenvalue weighted by atomic mass is 9.97. The first-order valence-electron chi connectivity index (χ1n) is 10.7. The highest BCUT2D eigenvalue weighted by atomic mass is 32.2. The molecular weight excluding hydrogens is 427 g/mol. The molecule has 5 rings (SSSR count). The van der Waals surface area contributed by atoms with Gasteiger partial charge >= 0.3 is 0 Å². The molecule has 1 aliphatic carbocycles. The molecule has 0 aromatic heterocycles. The number of fused-ring (bicyclic) bond motifs is 3. The van der Waals surface area contributed by atoms with Crippen molar-refractivity contribution in [2.75, 3.05) is 18.4 Å². The SMILES string of the molecule is O=C(Nc1ccc2c(c1)Cc1ccccc1-2)C1CCN(S(=O)(=O)c2ccc(F)cc2)CC1. The van der Waals surface area contributed by atoms with E-state index in [9.17, 15) is 17.6 Å². The Morgan fingerprint density at radius 3 is 2.34 bits per heavy atom. The Bertz CT molecular complexity index is 1280. The van der Waals surface area contributed by atoms with Gasteiger partial charge in [-0.05, 0) is 77.9 Å². The van der Waals surface area contributed by atoms with E-state index < -0.39 is 15.8 Å². The highest BCUT2D eigenvalue weighted by Gasteiger charge is 2.32. The van der Waals surface area contributed by atoms with Crippen molar-refractivity contribution in [3.63, 3.8) is 0 Å². The van der Waals surface area contributed by atoms with Gasteiger partial charge in [-0.25, -0.2) is 12.8 Å². The van der Waals surface area contributed by atoms with Gasteiger partial charge in [-0.2, -0.15) is 4.31 Å². The first kappa shape index (κ1) is 20.8. The number of anilines is 1. The van der Waals surface area contributed by atoms with Crippen LogP contribution in [0.1, 0.15) is 24.0 Å². The molecule has 1 N–H and O–H groups in total. The van der Waals surface area contributed by atoms with Gasteiger partial charge in [0.25, 0.3) is 0 Å². The van der Waals surface area contributed by atoms with Crippen LogP contribution in [-0.4, -0.2) is 31.7 Å². The molecule has 1 saturated heterocycles. The van der Waals surface area contributed by atoms with Crippen molar-refractivity contribution in [2.24, 2.45) is 5.92 Å². The van der Waals surface area contributed by atoms with E-state index in [4.69, 9.17) is 0 Å². The molecule has 1 aliphatic heterocycles. The third kappa shape index (κ3) is 3.82. The number of carbonyl (C=O) groups is 1. The summed E-state index contributed by atoms with van der Waals surface area (Å²) in [6.07, 6.45) is 1.75. The van der Waals surface area contributed by atoms with Crippen molar-refractivity contribution < 1.29 is 17.6 Å². The van der Waals surface area contributed by atoms with E-state index in [-0.39, 0.29) is 29.8 Å². The van der Waals surface area contributed by atoms with Gasteiger partial charge in [-0.3, -0.25) is 4.79 Å². The highest BCUT2D eigenvalue weighted by Crippen LogP contribution is 2.37. The zero-order valence-electron chi connectivity index (χ0n) is 17.4. The number of nitrogens with zero attached hydrogens (tertiary/aromatic N) is 1. The van der Waals surface area contributed by atoms with Gasteiger partial charge in [0, 0.05) is 24.7 Å². The minimum Gasteiger partial charge on any atom is -0.326 e. The second-order valence-electron chi connectivity index (χ2n) is 8.33. The maximum absolute atomic E-state index is 13.1. The highest BCUT2D eigenvalue weighted by molar-refractivity contribution is 7.89. The van der Waals surface area contributed by atoms with Crippen molar-refractivity contribution >= 4 is 21.6 Å². The van der Waals surface area contributed by atoms with Gasteiger partial charge in [0.1, 0.15) is 5.82 Å². The van der Waals surface area contributed by atoms with Crippen LogP contribution in [0.5, 0.6) is 0 Å². The Morgan fingerprint density at radius 1 is 0.906 bits per heavy atom. The summed E-state index contributed by atoms with van der Waals surface area (Å²) in [4.78, 5) is 12.9. The van der Waals surface area contributed by atoms with Crippen LogP contribution in [0, 0.1) is 11.7 Å². The predicted octanol–water partition coefficient (Wildman–Crippen LogP) is 4.44. The quantitative estimate of drug-likeness (QED) is 0.500. The van der Waals surface area contributed by atoms with Crippen LogP contribution in [-0.2, 0) is 21.2 Å². The first-order chi connectivity index (χ1) is 15.4. The summed E-state index contributed by atoms with van der Waals surface area (Å²) in [6.45, 7) is 0.522. The molecule has 0 saturated carbocycles. The van der Waals surface area contributed by atoms with E-state index in [0.717, 1.165) is 24.2 Å². The van der Waals surface area contributed by atoms with E-state index in [1.807, 2.05) is 24.3 Å². The van der Waals surface area contributed by atoms with Crippen LogP contribution < -0.4 is 5.32 Å². The second kappa shape index (κ2) is 8.15. The number of amides is 1. The molecule has 1 amide bonds. The number of halogens is 1. The Morgan fingerprint density at radius 2 is 1.59 bits per heavy atom. The third-order valence-electron chi connectivity index (χ3n) is 6.34. The standard InChI is InChI=1S/C25H23FN2O3S/c26-20-5-8-22(9-6-20)32(30,31)28-13-11-17(12-14-28)25(29)27-21-7-10-24-19(16-21)15-18-3-1-2-4-23(18)24/h1-10,16-17H,11-15H2,(H,27,29). The summed E-state index contributed by atoms with van der Waals surface area (Å²) in [5.74, 6) is -0.811. The Labute approximate surface area is 186 Å². The lowest BCUT2D eigenvalue weighted by Crippen LogP contribution is -2.41. The van der Waals surface area contributed by atoms with Crippen molar-refractivity contribution in [1.82, 2.24) is 4.31 Å². The molecule has 3 aromatic rings. The number of benzene rings is 3. The Hall–Kier alpha value is -3.03. The van der Waals surface area contributed by atoms with E-state index >= 15 is 0 Å². The molecule has 0 radical (unpaired) electrons.